The van der Waals surface area contributed by atoms with Gasteiger partial charge >= 0.3 is 0 Å². The third-order valence-corrected chi connectivity index (χ3v) is 3.34. The second-order valence-electron chi connectivity index (χ2n) is 4.89. The topological polar surface area (TPSA) is 62.7 Å². The average molecular weight is 288 g/mol. The van der Waals surface area contributed by atoms with Gasteiger partial charge in [0.2, 0.25) is 0 Å². The van der Waals surface area contributed by atoms with Crippen molar-refractivity contribution in [2.75, 3.05) is 26.3 Å². The fourth-order valence-corrected chi connectivity index (χ4v) is 2.18. The van der Waals surface area contributed by atoms with Crippen LogP contribution in [0.25, 0.3) is 0 Å². The Balaban J connectivity index is 2.09. The highest BCUT2D eigenvalue weighted by molar-refractivity contribution is 5.94. The molecular formula is C16H20N2O3. The van der Waals surface area contributed by atoms with E-state index in [-0.39, 0.29) is 18.6 Å². The van der Waals surface area contributed by atoms with Crippen LogP contribution in [-0.2, 0) is 4.74 Å². The van der Waals surface area contributed by atoms with Crippen molar-refractivity contribution in [2.45, 2.75) is 25.9 Å². The highest BCUT2D eigenvalue weighted by atomic mass is 16.5. The number of hydrogen-bond acceptors (Lipinski definition) is 4. The summed E-state index contributed by atoms with van der Waals surface area (Å²) in [7, 11) is 0. The lowest BCUT2D eigenvalue weighted by Crippen LogP contribution is -2.45. The number of ether oxygens (including phenoxy) is 1. The van der Waals surface area contributed by atoms with Crippen molar-refractivity contribution < 1.29 is 14.6 Å². The van der Waals surface area contributed by atoms with Crippen LogP contribution < -0.4 is 0 Å². The molecule has 0 aromatic carbocycles. The predicted octanol–water partition coefficient (Wildman–Crippen LogP) is 1.07. The molecule has 1 N–H and O–H groups in total. The van der Waals surface area contributed by atoms with Crippen molar-refractivity contribution in [3.05, 3.63) is 29.6 Å². The molecule has 2 heterocycles. The first-order chi connectivity index (χ1) is 10.2. The van der Waals surface area contributed by atoms with E-state index in [1.165, 1.54) is 0 Å². The molecule has 1 amide bonds. The van der Waals surface area contributed by atoms with Gasteiger partial charge in [0.15, 0.2) is 0 Å². The van der Waals surface area contributed by atoms with Gasteiger partial charge in [0.05, 0.1) is 24.9 Å². The molecule has 1 aliphatic rings. The van der Waals surface area contributed by atoms with E-state index in [0.717, 1.165) is 6.42 Å². The molecule has 5 heteroatoms. The second-order valence-corrected chi connectivity index (χ2v) is 4.89. The summed E-state index contributed by atoms with van der Waals surface area (Å²) < 4.78 is 5.58. The molecule has 2 rings (SSSR count). The number of pyridine rings is 1. The van der Waals surface area contributed by atoms with Gasteiger partial charge in [0, 0.05) is 37.5 Å². The Bertz CT molecular complexity index is 548. The van der Waals surface area contributed by atoms with Gasteiger partial charge in [-0.05, 0) is 12.5 Å². The van der Waals surface area contributed by atoms with Gasteiger partial charge in [-0.15, -0.1) is 0 Å². The summed E-state index contributed by atoms with van der Waals surface area (Å²) in [4.78, 5) is 18.4. The molecule has 1 aliphatic heterocycles. The molecular weight excluding hydrogens is 268 g/mol. The Morgan fingerprint density at radius 3 is 3.19 bits per heavy atom. The van der Waals surface area contributed by atoms with Crippen LogP contribution in [0, 0.1) is 11.8 Å². The number of hydrogen-bond donors (Lipinski definition) is 1. The van der Waals surface area contributed by atoms with Crippen LogP contribution in [0.15, 0.2) is 18.5 Å². The maximum atomic E-state index is 12.5. The van der Waals surface area contributed by atoms with Crippen LogP contribution in [0.1, 0.15) is 35.7 Å². The molecule has 0 aliphatic carbocycles. The molecule has 0 radical (unpaired) electrons. The number of carbonyl (C=O) groups excluding carboxylic acids is 1. The summed E-state index contributed by atoms with van der Waals surface area (Å²) >= 11 is 0. The summed E-state index contributed by atoms with van der Waals surface area (Å²) in [6, 6.07) is 1.75. The van der Waals surface area contributed by atoms with Crippen molar-refractivity contribution in [3.8, 4) is 11.8 Å². The quantitative estimate of drug-likeness (QED) is 0.845. The minimum absolute atomic E-state index is 0.0324. The zero-order valence-electron chi connectivity index (χ0n) is 12.2. The minimum Gasteiger partial charge on any atom is -0.395 e. The Hall–Kier alpha value is -1.90. The SMILES string of the molecule is CCC1CN(C(=O)c2cncc(C#CCCO)c2)CCO1. The van der Waals surface area contributed by atoms with Crippen LogP contribution in [-0.4, -0.2) is 53.3 Å². The minimum atomic E-state index is -0.0324. The highest BCUT2D eigenvalue weighted by Crippen LogP contribution is 2.12. The number of nitrogens with zero attached hydrogens (tertiary/aromatic N) is 2. The molecule has 5 nitrogen and oxygen atoms in total. The molecule has 0 bridgehead atoms. The van der Waals surface area contributed by atoms with Crippen molar-refractivity contribution in [2.24, 2.45) is 0 Å². The monoisotopic (exact) mass is 288 g/mol. The fraction of sp³-hybridized carbons (Fsp3) is 0.500. The lowest BCUT2D eigenvalue weighted by molar-refractivity contribution is -0.0226. The normalized spacial score (nSPS) is 18.0. The highest BCUT2D eigenvalue weighted by Gasteiger charge is 2.24. The molecule has 0 saturated carbocycles. The van der Waals surface area contributed by atoms with Crippen LogP contribution in [0.2, 0.25) is 0 Å². The predicted molar refractivity (Wildman–Crippen MR) is 78.8 cm³/mol. The zero-order valence-corrected chi connectivity index (χ0v) is 12.2. The van der Waals surface area contributed by atoms with Gasteiger partial charge in [0.1, 0.15) is 0 Å². The van der Waals surface area contributed by atoms with Gasteiger partial charge in [-0.2, -0.15) is 0 Å². The van der Waals surface area contributed by atoms with E-state index in [0.29, 0.717) is 37.2 Å². The van der Waals surface area contributed by atoms with Crippen molar-refractivity contribution in [1.82, 2.24) is 9.88 Å². The molecule has 1 unspecified atom stereocenters. The number of amides is 1. The third-order valence-electron chi connectivity index (χ3n) is 3.34. The lowest BCUT2D eigenvalue weighted by atomic mass is 10.1. The maximum Gasteiger partial charge on any atom is 0.255 e. The van der Waals surface area contributed by atoms with Crippen LogP contribution in [0.3, 0.4) is 0 Å². The maximum absolute atomic E-state index is 12.5. The first kappa shape index (κ1) is 15.5. The molecule has 1 aromatic rings. The Labute approximate surface area is 124 Å². The van der Waals surface area contributed by atoms with Gasteiger partial charge in [0.25, 0.3) is 5.91 Å². The molecule has 112 valence electrons. The van der Waals surface area contributed by atoms with E-state index in [1.807, 2.05) is 0 Å². The first-order valence-corrected chi connectivity index (χ1v) is 7.20. The van der Waals surface area contributed by atoms with E-state index in [4.69, 9.17) is 9.84 Å². The largest absolute Gasteiger partial charge is 0.395 e. The van der Waals surface area contributed by atoms with Crippen molar-refractivity contribution in [1.29, 1.82) is 0 Å². The summed E-state index contributed by atoms with van der Waals surface area (Å²) in [6.45, 7) is 3.89. The molecule has 0 spiro atoms. The molecule has 1 aromatic heterocycles. The van der Waals surface area contributed by atoms with E-state index < -0.39 is 0 Å². The lowest BCUT2D eigenvalue weighted by Gasteiger charge is -2.32. The van der Waals surface area contributed by atoms with Crippen molar-refractivity contribution >= 4 is 5.91 Å². The van der Waals surface area contributed by atoms with Crippen molar-refractivity contribution in [3.63, 3.8) is 0 Å². The summed E-state index contributed by atoms with van der Waals surface area (Å²) in [5, 5.41) is 8.71. The van der Waals surface area contributed by atoms with Crippen LogP contribution >= 0.6 is 0 Å². The Kier molecular flexibility index (Phi) is 5.73. The molecule has 1 fully saturated rings. The molecule has 1 saturated heterocycles. The molecule has 1 atom stereocenters. The number of aromatic nitrogens is 1. The first-order valence-electron chi connectivity index (χ1n) is 7.20. The Morgan fingerprint density at radius 2 is 2.43 bits per heavy atom. The number of aliphatic hydroxyl groups is 1. The van der Waals surface area contributed by atoms with E-state index in [1.54, 1.807) is 23.4 Å². The third kappa shape index (κ3) is 4.28. The van der Waals surface area contributed by atoms with E-state index in [2.05, 4.69) is 23.7 Å². The van der Waals surface area contributed by atoms with Gasteiger partial charge in [-0.1, -0.05) is 18.8 Å². The summed E-state index contributed by atoms with van der Waals surface area (Å²) in [5.41, 5.74) is 1.23. The van der Waals surface area contributed by atoms with E-state index >= 15 is 0 Å². The number of aliphatic hydroxyl groups excluding tert-OH is 1. The number of morpholine rings is 1. The standard InChI is InChI=1S/C16H20N2O3/c1-2-15-12-18(6-8-21-15)16(20)14-9-13(10-17-11-14)5-3-4-7-19/h9-11,15,19H,2,4,6-8,12H2,1H3. The fourth-order valence-electron chi connectivity index (χ4n) is 2.18. The second kappa shape index (κ2) is 7.77. The number of carbonyl (C=O) groups is 1. The van der Waals surface area contributed by atoms with Gasteiger partial charge < -0.3 is 14.7 Å². The Morgan fingerprint density at radius 1 is 1.57 bits per heavy atom. The smallest absolute Gasteiger partial charge is 0.255 e. The summed E-state index contributed by atoms with van der Waals surface area (Å²) in [5.74, 6) is 5.69. The van der Waals surface area contributed by atoms with E-state index in [9.17, 15) is 4.79 Å². The number of rotatable bonds is 3. The average Bonchev–Trinajstić information content (AvgIpc) is 2.55. The van der Waals surface area contributed by atoms with Gasteiger partial charge in [-0.3, -0.25) is 9.78 Å². The zero-order chi connectivity index (χ0) is 15.1. The molecule has 21 heavy (non-hydrogen) atoms. The van der Waals surface area contributed by atoms with Crippen LogP contribution in [0.4, 0.5) is 0 Å². The summed E-state index contributed by atoms with van der Waals surface area (Å²) in [6.07, 6.45) is 4.61. The van der Waals surface area contributed by atoms with Gasteiger partial charge in [-0.25, -0.2) is 0 Å². The van der Waals surface area contributed by atoms with Crippen LogP contribution in [0.5, 0.6) is 0 Å².